The number of anilines is 1. The van der Waals surface area contributed by atoms with Crippen LogP contribution in [0.4, 0.5) is 5.82 Å². The molecule has 4 rings (SSSR count). The van der Waals surface area contributed by atoms with Crippen LogP contribution in [-0.2, 0) is 36.1 Å². The second-order valence-corrected chi connectivity index (χ2v) is 6.97. The number of nitrogens with one attached hydrogen (secondary N) is 2. The van der Waals surface area contributed by atoms with E-state index in [-0.39, 0.29) is 24.2 Å². The van der Waals surface area contributed by atoms with Gasteiger partial charge < -0.3 is 15.5 Å². The summed E-state index contributed by atoms with van der Waals surface area (Å²) < 4.78 is 1.73. The van der Waals surface area contributed by atoms with E-state index in [2.05, 4.69) is 15.7 Å². The first kappa shape index (κ1) is 16.8. The molecule has 0 saturated carbocycles. The zero-order chi connectivity index (χ0) is 18.1. The monoisotopic (exact) mass is 353 g/mol. The van der Waals surface area contributed by atoms with Crippen LogP contribution in [0.25, 0.3) is 0 Å². The summed E-state index contributed by atoms with van der Waals surface area (Å²) in [6, 6.07) is 9.86. The van der Waals surface area contributed by atoms with Gasteiger partial charge in [0.25, 0.3) is 0 Å². The lowest BCUT2D eigenvalue weighted by molar-refractivity contribution is -0.128. The van der Waals surface area contributed by atoms with Crippen molar-refractivity contribution >= 4 is 17.6 Å². The Morgan fingerprint density at radius 1 is 1.35 bits per heavy atom. The molecule has 26 heavy (non-hydrogen) atoms. The average Bonchev–Trinajstić information content (AvgIpc) is 3.16. The molecular weight excluding hydrogens is 330 g/mol. The van der Waals surface area contributed by atoms with Crippen molar-refractivity contribution in [3.63, 3.8) is 0 Å². The van der Waals surface area contributed by atoms with Crippen molar-refractivity contribution in [3.8, 4) is 0 Å². The van der Waals surface area contributed by atoms with Crippen molar-refractivity contribution in [2.45, 2.75) is 25.9 Å². The van der Waals surface area contributed by atoms with Gasteiger partial charge in [0.2, 0.25) is 11.8 Å². The molecule has 2 aliphatic rings. The van der Waals surface area contributed by atoms with Gasteiger partial charge in [0.15, 0.2) is 0 Å². The molecule has 1 aromatic heterocycles. The van der Waals surface area contributed by atoms with Gasteiger partial charge >= 0.3 is 0 Å². The number of carbonyl (C=O) groups excluding carboxylic acids is 2. The minimum atomic E-state index is -0.326. The van der Waals surface area contributed by atoms with E-state index >= 15 is 0 Å². The molecule has 2 amide bonds. The highest BCUT2D eigenvalue weighted by molar-refractivity contribution is 5.97. The van der Waals surface area contributed by atoms with Crippen LogP contribution in [0.3, 0.4) is 0 Å². The third-order valence-corrected chi connectivity index (χ3v) is 5.11. The van der Waals surface area contributed by atoms with Crippen LogP contribution in [0.15, 0.2) is 30.3 Å². The summed E-state index contributed by atoms with van der Waals surface area (Å²) >= 11 is 0. The Hall–Kier alpha value is -2.67. The summed E-state index contributed by atoms with van der Waals surface area (Å²) in [6.07, 6.45) is 1.13. The number of amides is 2. The van der Waals surface area contributed by atoms with Gasteiger partial charge in [-0.15, -0.1) is 0 Å². The quantitative estimate of drug-likeness (QED) is 0.861. The van der Waals surface area contributed by atoms with E-state index in [0.29, 0.717) is 19.6 Å². The Labute approximate surface area is 152 Å². The molecule has 1 saturated heterocycles. The Morgan fingerprint density at radius 2 is 2.15 bits per heavy atom. The predicted octanol–water partition coefficient (Wildman–Crippen LogP) is 1.05. The number of hydrogen-bond acceptors (Lipinski definition) is 4. The van der Waals surface area contributed by atoms with Crippen molar-refractivity contribution in [1.82, 2.24) is 20.0 Å². The van der Waals surface area contributed by atoms with Crippen LogP contribution >= 0.6 is 0 Å². The van der Waals surface area contributed by atoms with Crippen LogP contribution in [0.1, 0.15) is 23.2 Å². The molecule has 1 unspecified atom stereocenters. The topological polar surface area (TPSA) is 79.3 Å². The first-order chi connectivity index (χ1) is 12.6. The van der Waals surface area contributed by atoms with Gasteiger partial charge in [0.05, 0.1) is 11.6 Å². The van der Waals surface area contributed by atoms with Gasteiger partial charge in [-0.3, -0.25) is 14.3 Å². The van der Waals surface area contributed by atoms with E-state index in [0.717, 1.165) is 35.6 Å². The van der Waals surface area contributed by atoms with Crippen molar-refractivity contribution in [2.24, 2.45) is 13.0 Å². The van der Waals surface area contributed by atoms with E-state index in [1.54, 1.807) is 9.58 Å². The van der Waals surface area contributed by atoms with Gasteiger partial charge in [-0.1, -0.05) is 30.3 Å². The fourth-order valence-corrected chi connectivity index (χ4v) is 3.71. The van der Waals surface area contributed by atoms with E-state index in [1.807, 2.05) is 37.4 Å². The van der Waals surface area contributed by atoms with Gasteiger partial charge in [-0.2, -0.15) is 5.10 Å². The number of aromatic nitrogens is 2. The molecule has 0 bridgehead atoms. The molecule has 1 fully saturated rings. The molecule has 0 spiro atoms. The maximum Gasteiger partial charge on any atom is 0.230 e. The zero-order valence-electron chi connectivity index (χ0n) is 14.9. The third-order valence-electron chi connectivity index (χ3n) is 5.11. The first-order valence-electron chi connectivity index (χ1n) is 9.00. The molecular formula is C19H23N5O2. The number of benzene rings is 1. The second kappa shape index (κ2) is 6.92. The highest BCUT2D eigenvalue weighted by Gasteiger charge is 2.35. The summed E-state index contributed by atoms with van der Waals surface area (Å²) in [5.41, 5.74) is 3.17. The molecule has 1 atom stereocenters. The summed E-state index contributed by atoms with van der Waals surface area (Å²) in [7, 11) is 1.84. The summed E-state index contributed by atoms with van der Waals surface area (Å²) in [5.74, 6) is 0.340. The largest absolute Gasteiger partial charge is 0.338 e. The van der Waals surface area contributed by atoms with Crippen molar-refractivity contribution in [2.75, 3.05) is 18.4 Å². The van der Waals surface area contributed by atoms with E-state index < -0.39 is 0 Å². The van der Waals surface area contributed by atoms with Gasteiger partial charge in [-0.05, 0) is 5.56 Å². The molecule has 1 aromatic carbocycles. The number of likely N-dealkylation sites (tertiary alicyclic amines) is 1. The molecule has 136 valence electrons. The standard InChI is InChI=1S/C19H23N5O2/c1-23-18(15-10-20-8-7-16(15)22-23)21-19(26)14-9-17(25)24(12-14)11-13-5-3-2-4-6-13/h2-6,14,20H,7-12H2,1H3,(H,21,26). The number of nitrogens with zero attached hydrogens (tertiary/aromatic N) is 3. The van der Waals surface area contributed by atoms with Crippen LogP contribution in [-0.4, -0.2) is 39.6 Å². The number of rotatable bonds is 4. The lowest BCUT2D eigenvalue weighted by Gasteiger charge is -2.17. The summed E-state index contributed by atoms with van der Waals surface area (Å²) in [5, 5.41) is 10.8. The Kier molecular flexibility index (Phi) is 4.46. The first-order valence-corrected chi connectivity index (χ1v) is 9.00. The van der Waals surface area contributed by atoms with E-state index in [4.69, 9.17) is 0 Å². The minimum Gasteiger partial charge on any atom is -0.338 e. The Morgan fingerprint density at radius 3 is 2.96 bits per heavy atom. The number of carbonyl (C=O) groups is 2. The minimum absolute atomic E-state index is 0.0303. The van der Waals surface area contributed by atoms with E-state index in [1.165, 1.54) is 0 Å². The van der Waals surface area contributed by atoms with Crippen molar-refractivity contribution in [3.05, 3.63) is 47.2 Å². The molecule has 0 radical (unpaired) electrons. The normalized spacial score (nSPS) is 19.5. The molecule has 2 aromatic rings. The van der Waals surface area contributed by atoms with Crippen LogP contribution < -0.4 is 10.6 Å². The number of aryl methyl sites for hydroxylation is 1. The van der Waals surface area contributed by atoms with Crippen LogP contribution in [0.5, 0.6) is 0 Å². The second-order valence-electron chi connectivity index (χ2n) is 6.97. The molecule has 7 nitrogen and oxygen atoms in total. The molecule has 7 heteroatoms. The molecule has 2 N–H and O–H groups in total. The average molecular weight is 353 g/mol. The number of fused-ring (bicyclic) bond motifs is 1. The molecule has 3 heterocycles. The smallest absolute Gasteiger partial charge is 0.230 e. The van der Waals surface area contributed by atoms with Crippen LogP contribution in [0.2, 0.25) is 0 Å². The lowest BCUT2D eigenvalue weighted by atomic mass is 10.1. The maximum absolute atomic E-state index is 12.7. The SMILES string of the molecule is Cn1nc2c(c1NC(=O)C1CC(=O)N(Cc3ccccc3)C1)CNCC2. The van der Waals surface area contributed by atoms with Gasteiger partial charge in [0.1, 0.15) is 5.82 Å². The zero-order valence-corrected chi connectivity index (χ0v) is 14.9. The van der Waals surface area contributed by atoms with Gasteiger partial charge in [0, 0.05) is 51.6 Å². The lowest BCUT2D eigenvalue weighted by Crippen LogP contribution is -2.29. The summed E-state index contributed by atoms with van der Waals surface area (Å²) in [4.78, 5) is 26.8. The van der Waals surface area contributed by atoms with Crippen molar-refractivity contribution < 1.29 is 9.59 Å². The Bertz CT molecular complexity index is 830. The third kappa shape index (κ3) is 3.22. The maximum atomic E-state index is 12.7. The fraction of sp³-hybridized carbons (Fsp3) is 0.421. The molecule has 0 aliphatic carbocycles. The number of hydrogen-bond donors (Lipinski definition) is 2. The molecule has 2 aliphatic heterocycles. The van der Waals surface area contributed by atoms with E-state index in [9.17, 15) is 9.59 Å². The summed E-state index contributed by atoms with van der Waals surface area (Å²) in [6.45, 7) is 2.62. The van der Waals surface area contributed by atoms with Crippen LogP contribution in [0, 0.1) is 5.92 Å². The van der Waals surface area contributed by atoms with Crippen molar-refractivity contribution in [1.29, 1.82) is 0 Å². The Balaban J connectivity index is 1.43. The van der Waals surface area contributed by atoms with Gasteiger partial charge in [-0.25, -0.2) is 0 Å². The predicted molar refractivity (Wildman–Crippen MR) is 97.2 cm³/mol. The fourth-order valence-electron chi connectivity index (χ4n) is 3.71. The highest BCUT2D eigenvalue weighted by atomic mass is 16.2. The highest BCUT2D eigenvalue weighted by Crippen LogP contribution is 2.25.